The van der Waals surface area contributed by atoms with Crippen LogP contribution in [0.3, 0.4) is 0 Å². The minimum Gasteiger partial charge on any atom is -0.456 e. The Morgan fingerprint density at radius 2 is 0.880 bits per heavy atom. The first-order valence-electron chi connectivity index (χ1n) is 16.7. The number of hydrogen-bond donors (Lipinski definition) is 0. The number of nitrogens with zero attached hydrogens (tertiary/aromatic N) is 2. The van der Waals surface area contributed by atoms with Crippen molar-refractivity contribution in [3.63, 3.8) is 0 Å². The van der Waals surface area contributed by atoms with Crippen LogP contribution in [0.1, 0.15) is 0 Å². The molecule has 0 spiro atoms. The van der Waals surface area contributed by atoms with Crippen LogP contribution in [-0.4, -0.2) is 9.97 Å². The van der Waals surface area contributed by atoms with Crippen LogP contribution in [0.2, 0.25) is 0 Å². The summed E-state index contributed by atoms with van der Waals surface area (Å²) in [5.74, 6) is 0.669. The Hall–Kier alpha value is -6.78. The van der Waals surface area contributed by atoms with Gasteiger partial charge in [-0.15, -0.1) is 0 Å². The molecule has 10 rings (SSSR count). The summed E-state index contributed by atoms with van der Waals surface area (Å²) in [5, 5.41) is 4.23. The zero-order valence-corrected chi connectivity index (χ0v) is 26.9. The normalized spacial score (nSPS) is 11.6. The maximum Gasteiger partial charge on any atom is 0.160 e. The molecular formula is C46H28N2O2. The van der Waals surface area contributed by atoms with Gasteiger partial charge in [-0.05, 0) is 41.0 Å². The third-order valence-corrected chi connectivity index (χ3v) is 9.54. The maximum absolute atomic E-state index is 6.56. The van der Waals surface area contributed by atoms with E-state index in [4.69, 9.17) is 18.8 Å². The van der Waals surface area contributed by atoms with Crippen molar-refractivity contribution in [3.8, 4) is 56.2 Å². The largest absolute Gasteiger partial charge is 0.456 e. The fourth-order valence-corrected chi connectivity index (χ4v) is 7.18. The molecule has 0 aliphatic rings. The van der Waals surface area contributed by atoms with Gasteiger partial charge in [0, 0.05) is 43.8 Å². The first kappa shape index (κ1) is 28.3. The Balaban J connectivity index is 1.20. The van der Waals surface area contributed by atoms with Gasteiger partial charge in [0.15, 0.2) is 5.82 Å². The number of para-hydroxylation sites is 2. The topological polar surface area (TPSA) is 52.1 Å². The van der Waals surface area contributed by atoms with Gasteiger partial charge in [0.05, 0.1) is 11.4 Å². The molecule has 4 nitrogen and oxygen atoms in total. The second kappa shape index (κ2) is 11.4. The highest BCUT2D eigenvalue weighted by Gasteiger charge is 2.21. The Morgan fingerprint density at radius 3 is 1.66 bits per heavy atom. The Labute approximate surface area is 287 Å². The van der Waals surface area contributed by atoms with Crippen molar-refractivity contribution >= 4 is 43.9 Å². The highest BCUT2D eigenvalue weighted by molar-refractivity contribution is 6.20. The van der Waals surface area contributed by atoms with E-state index in [0.717, 1.165) is 88.6 Å². The van der Waals surface area contributed by atoms with Crippen molar-refractivity contribution in [3.05, 3.63) is 170 Å². The highest BCUT2D eigenvalue weighted by Crippen LogP contribution is 2.44. The third-order valence-electron chi connectivity index (χ3n) is 9.54. The van der Waals surface area contributed by atoms with E-state index in [-0.39, 0.29) is 0 Å². The molecular weight excluding hydrogens is 613 g/mol. The Kier molecular flexibility index (Phi) is 6.46. The number of rotatable bonds is 5. The molecule has 0 bridgehead atoms. The lowest BCUT2D eigenvalue weighted by atomic mass is 9.94. The monoisotopic (exact) mass is 640 g/mol. The van der Waals surface area contributed by atoms with Gasteiger partial charge in [-0.25, -0.2) is 9.97 Å². The molecule has 3 heterocycles. The predicted octanol–water partition coefficient (Wildman–Crippen LogP) is 12.6. The Morgan fingerprint density at radius 1 is 0.340 bits per heavy atom. The van der Waals surface area contributed by atoms with Crippen molar-refractivity contribution in [2.75, 3.05) is 0 Å². The zero-order valence-electron chi connectivity index (χ0n) is 26.9. The van der Waals surface area contributed by atoms with Crippen LogP contribution in [0.15, 0.2) is 179 Å². The molecule has 0 saturated carbocycles. The molecule has 0 amide bonds. The summed E-state index contributed by atoms with van der Waals surface area (Å²) in [6.07, 6.45) is 0. The van der Waals surface area contributed by atoms with E-state index in [2.05, 4.69) is 115 Å². The van der Waals surface area contributed by atoms with Crippen molar-refractivity contribution in [2.45, 2.75) is 0 Å². The molecule has 0 unspecified atom stereocenters. The number of hydrogen-bond acceptors (Lipinski definition) is 4. The highest BCUT2D eigenvalue weighted by atomic mass is 16.3. The van der Waals surface area contributed by atoms with E-state index in [1.165, 1.54) is 5.56 Å². The lowest BCUT2D eigenvalue weighted by Crippen LogP contribution is -1.96. The molecule has 0 saturated heterocycles. The molecule has 234 valence electrons. The van der Waals surface area contributed by atoms with E-state index in [9.17, 15) is 0 Å². The Bertz CT molecular complexity index is 2850. The molecule has 0 atom stereocenters. The van der Waals surface area contributed by atoms with Crippen LogP contribution in [0, 0.1) is 0 Å². The second-order valence-corrected chi connectivity index (χ2v) is 12.5. The van der Waals surface area contributed by atoms with Gasteiger partial charge in [-0.3, -0.25) is 0 Å². The zero-order chi connectivity index (χ0) is 33.0. The average molecular weight is 641 g/mol. The number of fused-ring (bicyclic) bond motifs is 6. The molecule has 0 N–H and O–H groups in total. The van der Waals surface area contributed by atoms with E-state index in [0.29, 0.717) is 5.82 Å². The van der Waals surface area contributed by atoms with Gasteiger partial charge in [0.25, 0.3) is 0 Å². The minimum absolute atomic E-state index is 0.669. The quantitative estimate of drug-likeness (QED) is 0.188. The van der Waals surface area contributed by atoms with Gasteiger partial charge in [-0.1, -0.05) is 146 Å². The minimum atomic E-state index is 0.669. The first-order valence-corrected chi connectivity index (χ1v) is 16.7. The van der Waals surface area contributed by atoms with Crippen molar-refractivity contribution in [1.82, 2.24) is 9.97 Å². The maximum atomic E-state index is 6.56. The summed E-state index contributed by atoms with van der Waals surface area (Å²) in [6, 6.07) is 58.3. The average Bonchev–Trinajstić information content (AvgIpc) is 3.77. The molecule has 0 radical (unpaired) electrons. The van der Waals surface area contributed by atoms with Crippen LogP contribution in [0.4, 0.5) is 0 Å². The van der Waals surface area contributed by atoms with Gasteiger partial charge in [-0.2, -0.15) is 0 Å². The lowest BCUT2D eigenvalue weighted by Gasteiger charge is -2.11. The molecule has 0 fully saturated rings. The SMILES string of the molecule is c1ccc(-c2ccc(-c3cc(-c4cccc5oc6cccc(-c7cccc8c7oc7ccccc78)c6c45)nc(-c4ccccc4)n3)cc2)cc1. The van der Waals surface area contributed by atoms with Crippen molar-refractivity contribution < 1.29 is 8.83 Å². The summed E-state index contributed by atoms with van der Waals surface area (Å²) < 4.78 is 13.1. The molecule has 3 aromatic heterocycles. The third kappa shape index (κ3) is 4.61. The molecule has 50 heavy (non-hydrogen) atoms. The fourth-order valence-electron chi connectivity index (χ4n) is 7.18. The van der Waals surface area contributed by atoms with Crippen molar-refractivity contribution in [1.29, 1.82) is 0 Å². The molecule has 4 heteroatoms. The number of furan rings is 2. The van der Waals surface area contributed by atoms with Gasteiger partial charge in [0.2, 0.25) is 0 Å². The summed E-state index contributed by atoms with van der Waals surface area (Å²) in [6.45, 7) is 0. The van der Waals surface area contributed by atoms with Gasteiger partial charge < -0.3 is 8.83 Å². The standard InChI is InChI=1S/C46H28N2O2/c1-3-12-29(13-4-1)30-24-26-31(27-25-30)38-28-39(48-46(47-38)32-14-5-2-6-15-32)37-20-11-23-42-44(37)43-34(17-10-22-41(43)49-42)36-19-9-18-35-33-16-7-8-21-40(33)50-45(35)36/h1-28H. The number of aromatic nitrogens is 2. The van der Waals surface area contributed by atoms with Crippen LogP contribution >= 0.6 is 0 Å². The van der Waals surface area contributed by atoms with Gasteiger partial charge in [0.1, 0.15) is 22.3 Å². The molecule has 0 aliphatic heterocycles. The lowest BCUT2D eigenvalue weighted by molar-refractivity contribution is 0.669. The van der Waals surface area contributed by atoms with Crippen LogP contribution < -0.4 is 0 Å². The van der Waals surface area contributed by atoms with Crippen LogP contribution in [0.5, 0.6) is 0 Å². The van der Waals surface area contributed by atoms with Gasteiger partial charge >= 0.3 is 0 Å². The summed E-state index contributed by atoms with van der Waals surface area (Å²) >= 11 is 0. The predicted molar refractivity (Wildman–Crippen MR) is 204 cm³/mol. The fraction of sp³-hybridized carbons (Fsp3) is 0. The van der Waals surface area contributed by atoms with E-state index >= 15 is 0 Å². The smallest absolute Gasteiger partial charge is 0.160 e. The molecule has 0 aliphatic carbocycles. The molecule has 7 aromatic carbocycles. The van der Waals surface area contributed by atoms with E-state index in [1.807, 2.05) is 54.6 Å². The summed E-state index contributed by atoms with van der Waals surface area (Å²) in [4.78, 5) is 10.3. The van der Waals surface area contributed by atoms with Crippen LogP contribution in [0.25, 0.3) is 100 Å². The summed E-state index contributed by atoms with van der Waals surface area (Å²) in [7, 11) is 0. The second-order valence-electron chi connectivity index (χ2n) is 12.5. The summed E-state index contributed by atoms with van der Waals surface area (Å²) in [5.41, 5.74) is 12.4. The van der Waals surface area contributed by atoms with Crippen molar-refractivity contribution in [2.24, 2.45) is 0 Å². The first-order chi connectivity index (χ1) is 24.8. The van der Waals surface area contributed by atoms with E-state index in [1.54, 1.807) is 0 Å². The molecule has 10 aromatic rings. The number of benzene rings is 7. The van der Waals surface area contributed by atoms with Crippen LogP contribution in [-0.2, 0) is 0 Å². The van der Waals surface area contributed by atoms with E-state index < -0.39 is 0 Å².